The van der Waals surface area contributed by atoms with Crippen LogP contribution in [0.4, 0.5) is 27.5 Å². The predicted octanol–water partition coefficient (Wildman–Crippen LogP) is 2.80. The van der Waals surface area contributed by atoms with Gasteiger partial charge in [0.15, 0.2) is 0 Å². The van der Waals surface area contributed by atoms with Crippen molar-refractivity contribution in [2.24, 2.45) is 0 Å². The van der Waals surface area contributed by atoms with Gasteiger partial charge in [-0.1, -0.05) is 0 Å². The number of hydrogen-bond acceptors (Lipinski definition) is 6. The Morgan fingerprint density at radius 2 is 1.56 bits per heavy atom. The van der Waals surface area contributed by atoms with Crippen molar-refractivity contribution in [3.8, 4) is 0 Å². The first-order valence-corrected chi connectivity index (χ1v) is 11.1. The molecule has 2 aromatic rings. The molecule has 0 aromatic heterocycles. The number of hydrogen-bond donors (Lipinski definition) is 3. The Morgan fingerprint density at radius 1 is 0.941 bits per heavy atom. The number of carbonyl (C=O) groups is 3. The van der Waals surface area contributed by atoms with E-state index < -0.39 is 10.8 Å². The maximum atomic E-state index is 12.7. The van der Waals surface area contributed by atoms with Crippen LogP contribution in [0.2, 0.25) is 0 Å². The molecule has 34 heavy (non-hydrogen) atoms. The molecule has 3 N–H and O–H groups in total. The third-order valence-corrected chi connectivity index (χ3v) is 5.81. The monoisotopic (exact) mass is 466 g/mol. The Morgan fingerprint density at radius 3 is 2.12 bits per heavy atom. The van der Waals surface area contributed by atoms with Gasteiger partial charge in [0.25, 0.3) is 11.6 Å². The van der Waals surface area contributed by atoms with E-state index in [0.717, 1.165) is 12.8 Å². The number of benzene rings is 2. The van der Waals surface area contributed by atoms with Crippen molar-refractivity contribution in [1.29, 1.82) is 0 Å². The first-order valence-electron chi connectivity index (χ1n) is 11.1. The van der Waals surface area contributed by atoms with Gasteiger partial charge < -0.3 is 25.8 Å². The summed E-state index contributed by atoms with van der Waals surface area (Å²) in [6, 6.07) is 11.0. The fraction of sp³-hybridized carbons (Fsp3) is 0.348. The minimum atomic E-state index is -0.503. The summed E-state index contributed by atoms with van der Waals surface area (Å²) in [6.07, 6.45) is 1.99. The molecule has 4 amide bonds. The molecular weight excluding hydrogens is 440 g/mol. The fourth-order valence-electron chi connectivity index (χ4n) is 3.76. The van der Waals surface area contributed by atoms with Crippen molar-refractivity contribution < 1.29 is 19.3 Å². The van der Waals surface area contributed by atoms with Crippen molar-refractivity contribution in [3.05, 3.63) is 58.1 Å². The third-order valence-electron chi connectivity index (χ3n) is 5.81. The van der Waals surface area contributed by atoms with Gasteiger partial charge in [0.1, 0.15) is 5.69 Å². The number of carbonyl (C=O) groups excluding carboxylic acids is 3. The highest BCUT2D eigenvalue weighted by Gasteiger charge is 2.26. The van der Waals surface area contributed by atoms with Crippen molar-refractivity contribution in [2.45, 2.75) is 25.8 Å². The molecular formula is C23H26N6O5. The number of nitrogens with zero attached hydrogens (tertiary/aromatic N) is 3. The summed E-state index contributed by atoms with van der Waals surface area (Å²) in [7, 11) is 0. The molecule has 2 aromatic carbocycles. The van der Waals surface area contributed by atoms with E-state index in [1.165, 1.54) is 13.0 Å². The molecule has 2 aliphatic rings. The lowest BCUT2D eigenvalue weighted by Gasteiger charge is -2.35. The average molecular weight is 466 g/mol. The highest BCUT2D eigenvalue weighted by molar-refractivity contribution is 6.05. The van der Waals surface area contributed by atoms with Crippen LogP contribution in [0.1, 0.15) is 30.1 Å². The van der Waals surface area contributed by atoms with Crippen LogP contribution in [-0.2, 0) is 4.79 Å². The number of nitrogens with one attached hydrogen (secondary N) is 3. The van der Waals surface area contributed by atoms with E-state index in [9.17, 15) is 24.5 Å². The van der Waals surface area contributed by atoms with Crippen LogP contribution < -0.4 is 20.9 Å². The third kappa shape index (κ3) is 5.61. The summed E-state index contributed by atoms with van der Waals surface area (Å²) in [5, 5.41) is 20.0. The molecule has 4 rings (SSSR count). The van der Waals surface area contributed by atoms with E-state index in [1.54, 1.807) is 41.3 Å². The number of rotatable bonds is 6. The normalized spacial score (nSPS) is 15.4. The second-order valence-corrected chi connectivity index (χ2v) is 8.36. The summed E-state index contributed by atoms with van der Waals surface area (Å²) in [6.45, 7) is 3.43. The standard InChI is InChI=1S/C23H26N6O5/c1-15(30)27-10-12-28(13-11-27)20-9-2-16(14-21(20)29(33)34)22(31)24-17-3-5-18(6-4-17)25-23(32)26-19-7-8-19/h2-6,9,14,19H,7-8,10-13H2,1H3,(H,24,31)(H2,25,26,32). The van der Waals surface area contributed by atoms with Crippen LogP contribution in [-0.4, -0.2) is 59.9 Å². The van der Waals surface area contributed by atoms with Crippen LogP contribution in [0.15, 0.2) is 42.5 Å². The molecule has 1 saturated heterocycles. The summed E-state index contributed by atoms with van der Waals surface area (Å²) in [5.41, 5.74) is 1.49. The quantitative estimate of drug-likeness (QED) is 0.442. The van der Waals surface area contributed by atoms with Gasteiger partial charge in [-0.3, -0.25) is 19.7 Å². The summed E-state index contributed by atoms with van der Waals surface area (Å²) in [5.74, 6) is -0.505. The number of amides is 4. The molecule has 2 fully saturated rings. The number of nitro benzene ring substituents is 1. The van der Waals surface area contributed by atoms with E-state index in [0.29, 0.717) is 43.2 Å². The van der Waals surface area contributed by atoms with E-state index in [4.69, 9.17) is 0 Å². The Kier molecular flexibility index (Phi) is 6.62. The van der Waals surface area contributed by atoms with E-state index in [2.05, 4.69) is 16.0 Å². The largest absolute Gasteiger partial charge is 0.362 e. The number of nitro groups is 1. The van der Waals surface area contributed by atoms with Gasteiger partial charge in [-0.2, -0.15) is 0 Å². The Bertz CT molecular complexity index is 1110. The van der Waals surface area contributed by atoms with Crippen LogP contribution in [0.5, 0.6) is 0 Å². The van der Waals surface area contributed by atoms with Crippen molar-refractivity contribution in [2.75, 3.05) is 41.7 Å². The topological polar surface area (TPSA) is 137 Å². The molecule has 0 unspecified atom stereocenters. The molecule has 0 radical (unpaired) electrons. The summed E-state index contributed by atoms with van der Waals surface area (Å²) >= 11 is 0. The minimum Gasteiger partial charge on any atom is -0.362 e. The zero-order valence-corrected chi connectivity index (χ0v) is 18.7. The van der Waals surface area contributed by atoms with Gasteiger partial charge in [-0.15, -0.1) is 0 Å². The van der Waals surface area contributed by atoms with Crippen molar-refractivity contribution >= 4 is 40.6 Å². The average Bonchev–Trinajstić information content (AvgIpc) is 3.63. The zero-order chi connectivity index (χ0) is 24.2. The molecule has 178 valence electrons. The molecule has 1 aliphatic heterocycles. The maximum absolute atomic E-state index is 12.7. The molecule has 0 bridgehead atoms. The van der Waals surface area contributed by atoms with Gasteiger partial charge in [0, 0.05) is 62.1 Å². The minimum absolute atomic E-state index is 0.0218. The van der Waals surface area contributed by atoms with Gasteiger partial charge in [-0.05, 0) is 49.2 Å². The summed E-state index contributed by atoms with van der Waals surface area (Å²) < 4.78 is 0. The van der Waals surface area contributed by atoms with Gasteiger partial charge in [-0.25, -0.2) is 4.79 Å². The SMILES string of the molecule is CC(=O)N1CCN(c2ccc(C(=O)Nc3ccc(NC(=O)NC4CC4)cc3)cc2[N+](=O)[O-])CC1. The highest BCUT2D eigenvalue weighted by Crippen LogP contribution is 2.30. The number of urea groups is 1. The van der Waals surface area contributed by atoms with Crippen LogP contribution in [0, 0.1) is 10.1 Å². The van der Waals surface area contributed by atoms with E-state index in [-0.39, 0.29) is 29.2 Å². The lowest BCUT2D eigenvalue weighted by molar-refractivity contribution is -0.384. The van der Waals surface area contributed by atoms with Gasteiger partial charge >= 0.3 is 6.03 Å². The Balaban J connectivity index is 1.41. The molecule has 11 nitrogen and oxygen atoms in total. The Labute approximate surface area is 196 Å². The van der Waals surface area contributed by atoms with Gasteiger partial charge in [0.2, 0.25) is 5.91 Å². The molecule has 0 spiro atoms. The predicted molar refractivity (Wildman–Crippen MR) is 127 cm³/mol. The zero-order valence-electron chi connectivity index (χ0n) is 18.7. The van der Waals surface area contributed by atoms with Crippen molar-refractivity contribution in [1.82, 2.24) is 10.2 Å². The van der Waals surface area contributed by atoms with Gasteiger partial charge in [0.05, 0.1) is 4.92 Å². The first kappa shape index (κ1) is 23.0. The lowest BCUT2D eigenvalue weighted by Crippen LogP contribution is -2.48. The van der Waals surface area contributed by atoms with Crippen LogP contribution >= 0.6 is 0 Å². The van der Waals surface area contributed by atoms with E-state index >= 15 is 0 Å². The number of anilines is 3. The molecule has 11 heteroatoms. The van der Waals surface area contributed by atoms with Crippen LogP contribution in [0.25, 0.3) is 0 Å². The Hall–Kier alpha value is -4.15. The first-order chi connectivity index (χ1) is 16.3. The molecule has 1 aliphatic carbocycles. The van der Waals surface area contributed by atoms with E-state index in [1.807, 2.05) is 4.90 Å². The second-order valence-electron chi connectivity index (χ2n) is 8.36. The smallest absolute Gasteiger partial charge is 0.319 e. The summed E-state index contributed by atoms with van der Waals surface area (Å²) in [4.78, 5) is 50.8. The molecule has 1 heterocycles. The number of piperazine rings is 1. The highest BCUT2D eigenvalue weighted by atomic mass is 16.6. The molecule has 1 saturated carbocycles. The fourth-order valence-corrected chi connectivity index (χ4v) is 3.76. The maximum Gasteiger partial charge on any atom is 0.319 e. The van der Waals surface area contributed by atoms with Crippen molar-refractivity contribution in [3.63, 3.8) is 0 Å². The molecule has 0 atom stereocenters. The van der Waals surface area contributed by atoms with Crippen LogP contribution in [0.3, 0.4) is 0 Å². The lowest BCUT2D eigenvalue weighted by atomic mass is 10.1. The second kappa shape index (κ2) is 9.77.